The summed E-state index contributed by atoms with van der Waals surface area (Å²) in [5, 5.41) is 3.44. The Morgan fingerprint density at radius 3 is 2.73 bits per heavy atom. The molecule has 0 saturated carbocycles. The van der Waals surface area contributed by atoms with E-state index in [1.807, 2.05) is 31.1 Å². The SMILES string of the molecule is CCNC(=NCc1ccc(F)c(CN(C)C)c1)N1CCC(CN2CCOCC2)C1.I. The number of nitrogens with zero attached hydrogens (tertiary/aromatic N) is 4. The van der Waals surface area contributed by atoms with Gasteiger partial charge in [-0.25, -0.2) is 9.38 Å². The maximum absolute atomic E-state index is 14.0. The Kier molecular flexibility index (Phi) is 10.8. The molecule has 6 nitrogen and oxygen atoms in total. The van der Waals surface area contributed by atoms with Gasteiger partial charge in [0.15, 0.2) is 5.96 Å². The fourth-order valence-electron chi connectivity index (χ4n) is 4.10. The number of hydrogen-bond acceptors (Lipinski definition) is 4. The van der Waals surface area contributed by atoms with Crippen LogP contribution in [0.5, 0.6) is 0 Å². The van der Waals surface area contributed by atoms with Crippen LogP contribution in [0.4, 0.5) is 4.39 Å². The van der Waals surface area contributed by atoms with Crippen LogP contribution in [0.1, 0.15) is 24.5 Å². The minimum atomic E-state index is -0.149. The second-order valence-electron chi connectivity index (χ2n) is 8.35. The number of benzene rings is 1. The fraction of sp³-hybridized carbons (Fsp3) is 0.682. The van der Waals surface area contributed by atoms with Crippen molar-refractivity contribution in [3.8, 4) is 0 Å². The Balaban J connectivity index is 0.00000320. The quantitative estimate of drug-likeness (QED) is 0.332. The average Bonchev–Trinajstić information content (AvgIpc) is 3.16. The number of nitrogens with one attached hydrogen (secondary N) is 1. The first-order chi connectivity index (χ1) is 14.0. The van der Waals surface area contributed by atoms with Crippen molar-refractivity contribution in [2.45, 2.75) is 26.4 Å². The van der Waals surface area contributed by atoms with E-state index in [0.29, 0.717) is 19.0 Å². The topological polar surface area (TPSA) is 43.3 Å². The highest BCUT2D eigenvalue weighted by Gasteiger charge is 2.27. The van der Waals surface area contributed by atoms with Gasteiger partial charge >= 0.3 is 0 Å². The smallest absolute Gasteiger partial charge is 0.194 e. The lowest BCUT2D eigenvalue weighted by Gasteiger charge is -2.29. The van der Waals surface area contributed by atoms with Crippen LogP contribution in [0.3, 0.4) is 0 Å². The van der Waals surface area contributed by atoms with Gasteiger partial charge in [-0.2, -0.15) is 0 Å². The Morgan fingerprint density at radius 1 is 1.27 bits per heavy atom. The van der Waals surface area contributed by atoms with E-state index in [1.165, 1.54) is 6.42 Å². The molecule has 2 aliphatic rings. The minimum Gasteiger partial charge on any atom is -0.379 e. The largest absolute Gasteiger partial charge is 0.379 e. The number of rotatable bonds is 7. The molecular formula is C22H37FIN5O. The first-order valence-electron chi connectivity index (χ1n) is 10.8. The predicted octanol–water partition coefficient (Wildman–Crippen LogP) is 2.62. The van der Waals surface area contributed by atoms with Gasteiger partial charge in [0.05, 0.1) is 19.8 Å². The molecule has 1 N–H and O–H groups in total. The lowest BCUT2D eigenvalue weighted by Crippen LogP contribution is -2.42. The Labute approximate surface area is 197 Å². The fourth-order valence-corrected chi connectivity index (χ4v) is 4.10. The molecule has 1 atom stereocenters. The van der Waals surface area contributed by atoms with Gasteiger partial charge in [-0.1, -0.05) is 6.07 Å². The van der Waals surface area contributed by atoms with Gasteiger partial charge in [0, 0.05) is 51.4 Å². The van der Waals surface area contributed by atoms with Crippen molar-refractivity contribution in [2.24, 2.45) is 10.9 Å². The Hall–Kier alpha value is -0.970. The number of hydrogen-bond donors (Lipinski definition) is 1. The minimum absolute atomic E-state index is 0. The third kappa shape index (κ3) is 7.62. The van der Waals surface area contributed by atoms with Crippen molar-refractivity contribution in [1.82, 2.24) is 20.0 Å². The standard InChI is InChI=1S/C22H36FN5O.HI/c1-4-24-22(25-14-18-5-6-21(23)20(13-18)17-26(2)3)28-8-7-19(16-28)15-27-9-11-29-12-10-27;/h5-6,13,19H,4,7-12,14-17H2,1-3H3,(H,24,25);1H. The first kappa shape index (κ1) is 25.3. The van der Waals surface area contributed by atoms with Crippen LogP contribution >= 0.6 is 24.0 Å². The Bertz CT molecular complexity index is 681. The molecule has 0 radical (unpaired) electrons. The van der Waals surface area contributed by atoms with Gasteiger partial charge in [-0.15, -0.1) is 24.0 Å². The number of likely N-dealkylation sites (tertiary alicyclic amines) is 1. The molecule has 2 saturated heterocycles. The number of ether oxygens (including phenoxy) is 1. The van der Waals surface area contributed by atoms with Crippen molar-refractivity contribution in [2.75, 3.05) is 66.6 Å². The van der Waals surface area contributed by atoms with E-state index < -0.39 is 0 Å². The zero-order valence-corrected chi connectivity index (χ0v) is 20.9. The summed E-state index contributed by atoms with van der Waals surface area (Å²) in [6, 6.07) is 5.34. The molecular weight excluding hydrogens is 496 g/mol. The summed E-state index contributed by atoms with van der Waals surface area (Å²) in [6.07, 6.45) is 1.20. The van der Waals surface area contributed by atoms with E-state index >= 15 is 0 Å². The van der Waals surface area contributed by atoms with Crippen LogP contribution in [0.2, 0.25) is 0 Å². The van der Waals surface area contributed by atoms with Crippen LogP contribution in [0, 0.1) is 11.7 Å². The summed E-state index contributed by atoms with van der Waals surface area (Å²) in [7, 11) is 3.91. The molecule has 3 rings (SSSR count). The molecule has 0 bridgehead atoms. The van der Waals surface area contributed by atoms with Crippen molar-refractivity contribution in [1.29, 1.82) is 0 Å². The maximum Gasteiger partial charge on any atom is 0.194 e. The van der Waals surface area contributed by atoms with Gasteiger partial charge in [0.25, 0.3) is 0 Å². The van der Waals surface area contributed by atoms with Gasteiger partial charge in [-0.3, -0.25) is 4.90 Å². The lowest BCUT2D eigenvalue weighted by molar-refractivity contribution is 0.0315. The molecule has 0 aromatic heterocycles. The van der Waals surface area contributed by atoms with E-state index in [0.717, 1.165) is 69.6 Å². The normalized spacial score (nSPS) is 20.5. The molecule has 0 aliphatic carbocycles. The summed E-state index contributed by atoms with van der Waals surface area (Å²) in [5.41, 5.74) is 1.77. The van der Waals surface area contributed by atoms with Crippen molar-refractivity contribution < 1.29 is 9.13 Å². The summed E-state index contributed by atoms with van der Waals surface area (Å²) < 4.78 is 19.5. The van der Waals surface area contributed by atoms with E-state index in [4.69, 9.17) is 9.73 Å². The molecule has 170 valence electrons. The van der Waals surface area contributed by atoms with E-state index in [9.17, 15) is 4.39 Å². The Morgan fingerprint density at radius 2 is 2.03 bits per heavy atom. The van der Waals surface area contributed by atoms with Gasteiger partial charge < -0.3 is 19.9 Å². The molecule has 2 fully saturated rings. The molecule has 2 aliphatic heterocycles. The van der Waals surface area contributed by atoms with Gasteiger partial charge in [0.2, 0.25) is 0 Å². The predicted molar refractivity (Wildman–Crippen MR) is 131 cm³/mol. The number of halogens is 2. The van der Waals surface area contributed by atoms with Gasteiger partial charge in [-0.05, 0) is 51.1 Å². The van der Waals surface area contributed by atoms with E-state index in [2.05, 4.69) is 22.0 Å². The second kappa shape index (κ2) is 12.8. The summed E-state index contributed by atoms with van der Waals surface area (Å²) >= 11 is 0. The number of aliphatic imine (C=N–C) groups is 1. The zero-order valence-electron chi connectivity index (χ0n) is 18.6. The van der Waals surface area contributed by atoms with Crippen LogP contribution in [-0.2, 0) is 17.8 Å². The first-order valence-corrected chi connectivity index (χ1v) is 10.8. The number of guanidine groups is 1. The highest BCUT2D eigenvalue weighted by Crippen LogP contribution is 2.19. The van der Waals surface area contributed by atoms with Crippen molar-refractivity contribution >= 4 is 29.9 Å². The molecule has 2 heterocycles. The summed E-state index contributed by atoms with van der Waals surface area (Å²) in [4.78, 5) is 11.7. The molecule has 8 heteroatoms. The molecule has 1 aromatic carbocycles. The lowest BCUT2D eigenvalue weighted by atomic mass is 10.1. The van der Waals surface area contributed by atoms with Crippen molar-refractivity contribution in [3.05, 3.63) is 35.1 Å². The molecule has 1 aromatic rings. The third-order valence-corrected chi connectivity index (χ3v) is 5.55. The highest BCUT2D eigenvalue weighted by molar-refractivity contribution is 14.0. The van der Waals surface area contributed by atoms with Crippen LogP contribution in [-0.4, -0.2) is 87.2 Å². The number of morpholine rings is 1. The maximum atomic E-state index is 14.0. The van der Waals surface area contributed by atoms with Crippen LogP contribution < -0.4 is 5.32 Å². The summed E-state index contributed by atoms with van der Waals surface area (Å²) in [5.74, 6) is 1.49. The van der Waals surface area contributed by atoms with Crippen molar-refractivity contribution in [3.63, 3.8) is 0 Å². The third-order valence-electron chi connectivity index (χ3n) is 5.55. The van der Waals surface area contributed by atoms with Crippen LogP contribution in [0.25, 0.3) is 0 Å². The summed E-state index contributed by atoms with van der Waals surface area (Å²) in [6.45, 7) is 11.1. The van der Waals surface area contributed by atoms with E-state index in [1.54, 1.807) is 6.07 Å². The van der Waals surface area contributed by atoms with Gasteiger partial charge in [0.1, 0.15) is 5.82 Å². The molecule has 1 unspecified atom stereocenters. The zero-order chi connectivity index (χ0) is 20.6. The molecule has 30 heavy (non-hydrogen) atoms. The average molecular weight is 533 g/mol. The monoisotopic (exact) mass is 533 g/mol. The van der Waals surface area contributed by atoms with Crippen LogP contribution in [0.15, 0.2) is 23.2 Å². The second-order valence-corrected chi connectivity index (χ2v) is 8.35. The molecule has 0 amide bonds. The molecule has 0 spiro atoms. The van der Waals surface area contributed by atoms with E-state index in [-0.39, 0.29) is 29.8 Å². The highest BCUT2D eigenvalue weighted by atomic mass is 127.